The van der Waals surface area contributed by atoms with Gasteiger partial charge in [0.2, 0.25) is 0 Å². The SMILES string of the molecule is CCC(CC)CSc1cccc(CNC(C)C)c1. The molecule has 0 heterocycles. The lowest BCUT2D eigenvalue weighted by atomic mass is 10.1. The van der Waals surface area contributed by atoms with Gasteiger partial charge in [-0.3, -0.25) is 0 Å². The van der Waals surface area contributed by atoms with Gasteiger partial charge in [0.1, 0.15) is 0 Å². The molecule has 0 aliphatic rings. The second-order valence-corrected chi connectivity index (χ2v) is 6.27. The Labute approximate surface area is 117 Å². The van der Waals surface area contributed by atoms with Gasteiger partial charge in [-0.25, -0.2) is 0 Å². The van der Waals surface area contributed by atoms with Crippen molar-refractivity contribution in [3.05, 3.63) is 29.8 Å². The van der Waals surface area contributed by atoms with Crippen LogP contribution in [0.2, 0.25) is 0 Å². The van der Waals surface area contributed by atoms with Crippen LogP contribution in [0.25, 0.3) is 0 Å². The Hall–Kier alpha value is -0.470. The molecule has 0 saturated heterocycles. The highest BCUT2D eigenvalue weighted by molar-refractivity contribution is 7.99. The van der Waals surface area contributed by atoms with Crippen LogP contribution in [0, 0.1) is 5.92 Å². The second kappa shape index (κ2) is 8.60. The number of thioether (sulfide) groups is 1. The summed E-state index contributed by atoms with van der Waals surface area (Å²) in [5.74, 6) is 2.10. The van der Waals surface area contributed by atoms with Crippen LogP contribution in [0.4, 0.5) is 0 Å². The molecule has 1 N–H and O–H groups in total. The summed E-state index contributed by atoms with van der Waals surface area (Å²) < 4.78 is 0. The van der Waals surface area contributed by atoms with Gasteiger partial charge in [0.25, 0.3) is 0 Å². The van der Waals surface area contributed by atoms with Crippen LogP contribution in [0.15, 0.2) is 29.2 Å². The monoisotopic (exact) mass is 265 g/mol. The van der Waals surface area contributed by atoms with E-state index in [-0.39, 0.29) is 0 Å². The molecule has 102 valence electrons. The van der Waals surface area contributed by atoms with Crippen LogP contribution < -0.4 is 5.32 Å². The van der Waals surface area contributed by atoms with Crippen molar-refractivity contribution in [2.75, 3.05) is 5.75 Å². The molecule has 0 saturated carbocycles. The highest BCUT2D eigenvalue weighted by Gasteiger charge is 2.05. The highest BCUT2D eigenvalue weighted by Crippen LogP contribution is 2.24. The largest absolute Gasteiger partial charge is 0.310 e. The molecule has 1 aromatic carbocycles. The van der Waals surface area contributed by atoms with Crippen molar-refractivity contribution in [2.24, 2.45) is 5.92 Å². The van der Waals surface area contributed by atoms with Gasteiger partial charge in [-0.05, 0) is 23.6 Å². The van der Waals surface area contributed by atoms with Crippen LogP contribution in [-0.2, 0) is 6.54 Å². The van der Waals surface area contributed by atoms with Crippen molar-refractivity contribution in [1.82, 2.24) is 5.32 Å². The third-order valence-electron chi connectivity index (χ3n) is 3.25. The molecular weight excluding hydrogens is 238 g/mol. The summed E-state index contributed by atoms with van der Waals surface area (Å²) in [6.07, 6.45) is 2.58. The molecule has 0 unspecified atom stereocenters. The lowest BCUT2D eigenvalue weighted by Crippen LogP contribution is -2.21. The fourth-order valence-electron chi connectivity index (χ4n) is 1.81. The van der Waals surface area contributed by atoms with Crippen LogP contribution in [0.3, 0.4) is 0 Å². The maximum atomic E-state index is 3.47. The average Bonchev–Trinajstić information content (AvgIpc) is 2.38. The summed E-state index contributed by atoms with van der Waals surface area (Å²) in [7, 11) is 0. The van der Waals surface area contributed by atoms with E-state index in [1.165, 1.54) is 29.1 Å². The fourth-order valence-corrected chi connectivity index (χ4v) is 3.11. The minimum atomic E-state index is 0.547. The van der Waals surface area contributed by atoms with E-state index in [9.17, 15) is 0 Å². The molecule has 0 aliphatic heterocycles. The molecule has 0 aromatic heterocycles. The molecule has 0 bridgehead atoms. The van der Waals surface area contributed by atoms with Gasteiger partial charge in [0.15, 0.2) is 0 Å². The molecule has 1 rings (SSSR count). The molecule has 0 spiro atoms. The summed E-state index contributed by atoms with van der Waals surface area (Å²) >= 11 is 2.00. The lowest BCUT2D eigenvalue weighted by molar-refractivity contribution is 0.554. The van der Waals surface area contributed by atoms with Crippen molar-refractivity contribution in [1.29, 1.82) is 0 Å². The third-order valence-corrected chi connectivity index (χ3v) is 4.48. The second-order valence-electron chi connectivity index (χ2n) is 5.18. The van der Waals surface area contributed by atoms with Gasteiger partial charge in [-0.1, -0.05) is 52.7 Å². The van der Waals surface area contributed by atoms with Crippen molar-refractivity contribution in [3.63, 3.8) is 0 Å². The smallest absolute Gasteiger partial charge is 0.0208 e. The molecule has 0 atom stereocenters. The maximum Gasteiger partial charge on any atom is 0.0208 e. The Bertz CT molecular complexity index is 332. The molecule has 18 heavy (non-hydrogen) atoms. The normalized spacial score (nSPS) is 11.4. The topological polar surface area (TPSA) is 12.0 Å². The Kier molecular flexibility index (Phi) is 7.45. The van der Waals surface area contributed by atoms with E-state index in [4.69, 9.17) is 0 Å². The minimum Gasteiger partial charge on any atom is -0.310 e. The first-order valence-electron chi connectivity index (χ1n) is 7.10. The molecule has 1 nitrogen and oxygen atoms in total. The number of hydrogen-bond donors (Lipinski definition) is 1. The zero-order chi connectivity index (χ0) is 13.4. The minimum absolute atomic E-state index is 0.547. The molecule has 0 radical (unpaired) electrons. The van der Waals surface area contributed by atoms with Crippen molar-refractivity contribution < 1.29 is 0 Å². The molecule has 2 heteroatoms. The van der Waals surface area contributed by atoms with Crippen LogP contribution in [-0.4, -0.2) is 11.8 Å². The molecule has 0 aliphatic carbocycles. The van der Waals surface area contributed by atoms with Gasteiger partial charge in [0.05, 0.1) is 0 Å². The predicted octanol–water partition coefficient (Wildman–Crippen LogP) is 4.71. The van der Waals surface area contributed by atoms with E-state index >= 15 is 0 Å². The Balaban J connectivity index is 2.48. The maximum absolute atomic E-state index is 3.47. The fraction of sp³-hybridized carbons (Fsp3) is 0.625. The van der Waals surface area contributed by atoms with Crippen LogP contribution in [0.5, 0.6) is 0 Å². The summed E-state index contributed by atoms with van der Waals surface area (Å²) in [6.45, 7) is 9.92. The standard InChI is InChI=1S/C16H27NS/c1-5-14(6-2)12-18-16-9-7-8-15(10-16)11-17-13(3)4/h7-10,13-14,17H,5-6,11-12H2,1-4H3. The van der Waals surface area contributed by atoms with E-state index in [2.05, 4.69) is 57.3 Å². The number of nitrogens with one attached hydrogen (secondary N) is 1. The summed E-state index contributed by atoms with van der Waals surface area (Å²) in [5.41, 5.74) is 1.39. The number of benzene rings is 1. The molecule has 0 fully saturated rings. The summed E-state index contributed by atoms with van der Waals surface area (Å²) in [5, 5.41) is 3.47. The first-order valence-corrected chi connectivity index (χ1v) is 8.09. The first-order chi connectivity index (χ1) is 8.65. The predicted molar refractivity (Wildman–Crippen MR) is 83.2 cm³/mol. The average molecular weight is 265 g/mol. The lowest BCUT2D eigenvalue weighted by Gasteiger charge is -2.12. The Morgan fingerprint density at radius 2 is 1.89 bits per heavy atom. The first kappa shape index (κ1) is 15.6. The third kappa shape index (κ3) is 5.92. The van der Waals surface area contributed by atoms with Crippen molar-refractivity contribution in [3.8, 4) is 0 Å². The van der Waals surface area contributed by atoms with Gasteiger partial charge < -0.3 is 5.32 Å². The molecule has 1 aromatic rings. The number of hydrogen-bond acceptors (Lipinski definition) is 2. The zero-order valence-electron chi connectivity index (χ0n) is 12.2. The van der Waals surface area contributed by atoms with Gasteiger partial charge >= 0.3 is 0 Å². The Morgan fingerprint density at radius 3 is 2.50 bits per heavy atom. The van der Waals surface area contributed by atoms with Crippen LogP contribution in [0.1, 0.15) is 46.1 Å². The van der Waals surface area contributed by atoms with Gasteiger partial charge in [-0.2, -0.15) is 0 Å². The van der Waals surface area contributed by atoms with Crippen molar-refractivity contribution >= 4 is 11.8 Å². The van der Waals surface area contributed by atoms with E-state index in [1.807, 2.05) is 11.8 Å². The van der Waals surface area contributed by atoms with E-state index in [1.54, 1.807) is 0 Å². The van der Waals surface area contributed by atoms with Crippen LogP contribution >= 0.6 is 11.8 Å². The van der Waals surface area contributed by atoms with Gasteiger partial charge in [-0.15, -0.1) is 11.8 Å². The highest BCUT2D eigenvalue weighted by atomic mass is 32.2. The zero-order valence-corrected chi connectivity index (χ0v) is 13.0. The summed E-state index contributed by atoms with van der Waals surface area (Å²) in [6, 6.07) is 9.48. The molecular formula is C16H27NS. The van der Waals surface area contributed by atoms with E-state index in [0.717, 1.165) is 12.5 Å². The molecule has 0 amide bonds. The van der Waals surface area contributed by atoms with Crippen molar-refractivity contribution in [2.45, 2.75) is 58.0 Å². The summed E-state index contributed by atoms with van der Waals surface area (Å²) in [4.78, 5) is 1.41. The van der Waals surface area contributed by atoms with E-state index < -0.39 is 0 Å². The Morgan fingerprint density at radius 1 is 1.17 bits per heavy atom. The van der Waals surface area contributed by atoms with E-state index in [0.29, 0.717) is 6.04 Å². The quantitative estimate of drug-likeness (QED) is 0.683. The van der Waals surface area contributed by atoms with Gasteiger partial charge in [0, 0.05) is 23.2 Å². The number of rotatable bonds is 8.